The zero-order valence-corrected chi connectivity index (χ0v) is 30.0. The van der Waals surface area contributed by atoms with Crippen molar-refractivity contribution in [3.05, 3.63) is 171 Å². The van der Waals surface area contributed by atoms with E-state index >= 15 is 0 Å². The maximum atomic E-state index is 4.08. The number of pyridine rings is 4. The van der Waals surface area contributed by atoms with Gasteiger partial charge in [-0.05, 0) is 48.5 Å². The van der Waals surface area contributed by atoms with Gasteiger partial charge in [0.25, 0.3) is 0 Å². The SMILES string of the molecule is [Ru+2].c1ccc2c(c1)[nH]c1cnccc12.c1ccc2c(c1)[nH]c1cnccc12.c1ccc2c(c1)[nH]c1cnccc12.c1ccc2c(c1)[nH]c1cnccc12. The number of hydrogen-bond donors (Lipinski definition) is 4. The first-order chi connectivity index (χ1) is 25.8. The van der Waals surface area contributed by atoms with Gasteiger partial charge in [0.1, 0.15) is 0 Å². The minimum absolute atomic E-state index is 0. The zero-order valence-electron chi connectivity index (χ0n) is 28.3. The quantitative estimate of drug-likeness (QED) is 0.115. The summed E-state index contributed by atoms with van der Waals surface area (Å²) in [5.41, 5.74) is 9.09. The molecule has 0 amide bonds. The van der Waals surface area contributed by atoms with Crippen molar-refractivity contribution in [2.24, 2.45) is 0 Å². The number of nitrogens with zero attached hydrogens (tertiary/aromatic N) is 4. The monoisotopic (exact) mass is 774 g/mol. The van der Waals surface area contributed by atoms with Crippen LogP contribution in [0.15, 0.2) is 171 Å². The first-order valence-electron chi connectivity index (χ1n) is 17.0. The number of hydrogen-bond acceptors (Lipinski definition) is 4. The molecule has 0 saturated heterocycles. The molecule has 8 aromatic heterocycles. The predicted octanol–water partition coefficient (Wildman–Crippen LogP) is 10.9. The third-order valence-corrected chi connectivity index (χ3v) is 9.23. The third-order valence-electron chi connectivity index (χ3n) is 9.23. The maximum absolute atomic E-state index is 4.08. The summed E-state index contributed by atoms with van der Waals surface area (Å²) >= 11 is 0. The van der Waals surface area contributed by atoms with E-state index in [1.807, 2.05) is 98.1 Å². The summed E-state index contributed by atoms with van der Waals surface area (Å²) in [6, 6.07) is 41.3. The molecule has 0 atom stereocenters. The topological polar surface area (TPSA) is 115 Å². The molecule has 0 fully saturated rings. The maximum Gasteiger partial charge on any atom is 2.00 e. The van der Waals surface area contributed by atoms with Crippen molar-refractivity contribution in [2.45, 2.75) is 0 Å². The molecule has 12 aromatic rings. The van der Waals surface area contributed by atoms with Gasteiger partial charge in [-0.15, -0.1) is 0 Å². The van der Waals surface area contributed by atoms with E-state index in [9.17, 15) is 0 Å². The van der Waals surface area contributed by atoms with Crippen molar-refractivity contribution < 1.29 is 19.5 Å². The van der Waals surface area contributed by atoms with Gasteiger partial charge in [0.05, 0.1) is 46.9 Å². The van der Waals surface area contributed by atoms with Crippen LogP contribution < -0.4 is 0 Å². The Kier molecular flexibility index (Phi) is 9.39. The molecule has 0 radical (unpaired) electrons. The molecule has 8 heterocycles. The number of aromatic nitrogens is 8. The van der Waals surface area contributed by atoms with E-state index in [2.05, 4.69) is 113 Å². The molecule has 0 aliphatic rings. The van der Waals surface area contributed by atoms with Crippen molar-refractivity contribution in [1.29, 1.82) is 0 Å². The Labute approximate surface area is 316 Å². The van der Waals surface area contributed by atoms with E-state index in [4.69, 9.17) is 0 Å². The molecule has 0 aliphatic carbocycles. The Hall–Kier alpha value is -6.70. The van der Waals surface area contributed by atoms with Gasteiger partial charge < -0.3 is 19.9 Å². The molecule has 8 nitrogen and oxygen atoms in total. The standard InChI is InChI=1S/4C11H8N2.Ru/c4*1-2-4-10-8(3-1)9-5-6-12-7-11(9)13-10;/h4*1-7,13H;/q;;;;+2. The van der Waals surface area contributed by atoms with E-state index < -0.39 is 0 Å². The van der Waals surface area contributed by atoms with Gasteiger partial charge in [-0.25, -0.2) is 0 Å². The molecule has 4 N–H and O–H groups in total. The molecule has 0 bridgehead atoms. The summed E-state index contributed by atoms with van der Waals surface area (Å²) in [5.74, 6) is 0. The Morgan fingerprint density at radius 1 is 0.245 bits per heavy atom. The molecule has 254 valence electrons. The molecule has 4 aromatic carbocycles. The first kappa shape index (κ1) is 33.4. The summed E-state index contributed by atoms with van der Waals surface area (Å²) in [6.07, 6.45) is 14.7. The van der Waals surface area contributed by atoms with Crippen LogP contribution in [0, 0.1) is 0 Å². The number of benzene rings is 4. The van der Waals surface area contributed by atoms with Crippen LogP contribution in [0.25, 0.3) is 87.2 Å². The average molecular weight is 774 g/mol. The van der Waals surface area contributed by atoms with E-state index in [1.54, 1.807) is 0 Å². The van der Waals surface area contributed by atoms with Crippen LogP contribution in [0.4, 0.5) is 0 Å². The summed E-state index contributed by atoms with van der Waals surface area (Å²) in [6.45, 7) is 0. The van der Waals surface area contributed by atoms with Crippen molar-refractivity contribution in [3.63, 3.8) is 0 Å². The summed E-state index contributed by atoms with van der Waals surface area (Å²) in [4.78, 5) is 29.6. The third kappa shape index (κ3) is 6.62. The van der Waals surface area contributed by atoms with E-state index in [0.29, 0.717) is 0 Å². The molecular weight excluding hydrogens is 742 g/mol. The van der Waals surface area contributed by atoms with Gasteiger partial charge in [0, 0.05) is 89.9 Å². The fraction of sp³-hybridized carbons (Fsp3) is 0. The van der Waals surface area contributed by atoms with Crippen LogP contribution >= 0.6 is 0 Å². The van der Waals surface area contributed by atoms with Crippen molar-refractivity contribution in [1.82, 2.24) is 39.9 Å². The van der Waals surface area contributed by atoms with Crippen LogP contribution in [-0.4, -0.2) is 39.9 Å². The van der Waals surface area contributed by atoms with Crippen LogP contribution in [0.3, 0.4) is 0 Å². The zero-order chi connectivity index (χ0) is 34.7. The second-order valence-corrected chi connectivity index (χ2v) is 12.4. The number of nitrogens with one attached hydrogen (secondary N) is 4. The molecule has 12 rings (SSSR count). The summed E-state index contributed by atoms with van der Waals surface area (Å²) < 4.78 is 0. The Morgan fingerprint density at radius 2 is 0.453 bits per heavy atom. The summed E-state index contributed by atoms with van der Waals surface area (Å²) in [7, 11) is 0. The smallest absolute Gasteiger partial charge is 0.353 e. The first-order valence-corrected chi connectivity index (χ1v) is 17.0. The molecule has 0 saturated carbocycles. The molecular formula is C44H32N8Ru+2. The van der Waals surface area contributed by atoms with Gasteiger partial charge >= 0.3 is 19.5 Å². The van der Waals surface area contributed by atoms with E-state index in [-0.39, 0.29) is 19.5 Å². The number of para-hydroxylation sites is 4. The number of fused-ring (bicyclic) bond motifs is 12. The molecule has 0 spiro atoms. The fourth-order valence-electron chi connectivity index (χ4n) is 6.80. The van der Waals surface area contributed by atoms with Crippen molar-refractivity contribution >= 4 is 87.2 Å². The molecule has 0 aliphatic heterocycles. The molecule has 53 heavy (non-hydrogen) atoms. The fourth-order valence-corrected chi connectivity index (χ4v) is 6.80. The normalized spacial score (nSPS) is 10.9. The Balaban J connectivity index is 0.0000001000. The van der Waals surface area contributed by atoms with Gasteiger partial charge in [-0.1, -0.05) is 72.8 Å². The van der Waals surface area contributed by atoms with Gasteiger partial charge in [0.2, 0.25) is 0 Å². The Morgan fingerprint density at radius 3 is 0.698 bits per heavy atom. The summed E-state index contributed by atoms with van der Waals surface area (Å²) in [5, 5.41) is 10.0. The Bertz CT molecular complexity index is 2490. The van der Waals surface area contributed by atoms with Crippen molar-refractivity contribution in [3.8, 4) is 0 Å². The van der Waals surface area contributed by atoms with Crippen LogP contribution in [-0.2, 0) is 19.5 Å². The largest absolute Gasteiger partial charge is 2.00 e. The van der Waals surface area contributed by atoms with Crippen LogP contribution in [0.1, 0.15) is 0 Å². The number of aromatic amines is 4. The predicted molar refractivity (Wildman–Crippen MR) is 214 cm³/mol. The minimum atomic E-state index is 0. The van der Waals surface area contributed by atoms with E-state index in [1.165, 1.54) is 65.2 Å². The van der Waals surface area contributed by atoms with E-state index in [0.717, 1.165) is 22.1 Å². The van der Waals surface area contributed by atoms with Crippen LogP contribution in [0.5, 0.6) is 0 Å². The van der Waals surface area contributed by atoms with Gasteiger partial charge in [-0.2, -0.15) is 0 Å². The second kappa shape index (κ2) is 14.9. The van der Waals surface area contributed by atoms with Crippen molar-refractivity contribution in [2.75, 3.05) is 0 Å². The van der Waals surface area contributed by atoms with Gasteiger partial charge in [0.15, 0.2) is 0 Å². The second-order valence-electron chi connectivity index (χ2n) is 12.4. The average Bonchev–Trinajstić information content (AvgIpc) is 3.98. The van der Waals surface area contributed by atoms with Gasteiger partial charge in [-0.3, -0.25) is 19.9 Å². The molecule has 0 unspecified atom stereocenters. The number of rotatable bonds is 0. The number of H-pyrrole nitrogens is 4. The minimum Gasteiger partial charge on any atom is -0.353 e. The molecule has 9 heteroatoms. The van der Waals surface area contributed by atoms with Crippen LogP contribution in [0.2, 0.25) is 0 Å².